The molecular formula is C12H16F2O6S. The second kappa shape index (κ2) is 4.36. The molecule has 4 saturated carbocycles. The minimum Gasteiger partial charge on any atom is -0.454 e. The Labute approximate surface area is 120 Å². The van der Waals surface area contributed by atoms with E-state index in [-0.39, 0.29) is 30.6 Å². The van der Waals surface area contributed by atoms with Crippen LogP contribution in [0.1, 0.15) is 32.1 Å². The van der Waals surface area contributed by atoms with Crippen molar-refractivity contribution in [2.75, 3.05) is 0 Å². The number of alkyl halides is 2. The van der Waals surface area contributed by atoms with Crippen LogP contribution >= 0.6 is 0 Å². The first kappa shape index (κ1) is 15.1. The Balaban J connectivity index is 1.81. The number of hydrogen-bond donors (Lipinski definition) is 2. The predicted molar refractivity (Wildman–Crippen MR) is 64.9 cm³/mol. The summed E-state index contributed by atoms with van der Waals surface area (Å²) in [7, 11) is -5.85. The van der Waals surface area contributed by atoms with E-state index in [2.05, 4.69) is 0 Å². The molecule has 4 aliphatic rings. The first-order valence-electron chi connectivity index (χ1n) is 6.80. The molecule has 0 aliphatic heterocycles. The minimum absolute atomic E-state index is 0.108. The van der Waals surface area contributed by atoms with Crippen molar-refractivity contribution in [1.29, 1.82) is 0 Å². The number of halogens is 2. The summed E-state index contributed by atoms with van der Waals surface area (Å²) in [5, 5.41) is 5.08. The van der Waals surface area contributed by atoms with Gasteiger partial charge in [-0.3, -0.25) is 4.55 Å². The Morgan fingerprint density at radius 3 is 2.19 bits per heavy atom. The molecule has 0 aromatic rings. The Morgan fingerprint density at radius 1 is 1.19 bits per heavy atom. The van der Waals surface area contributed by atoms with E-state index >= 15 is 0 Å². The van der Waals surface area contributed by atoms with Crippen molar-refractivity contribution in [3.05, 3.63) is 0 Å². The zero-order valence-corrected chi connectivity index (χ0v) is 11.9. The number of esters is 1. The molecule has 0 amide bonds. The lowest BCUT2D eigenvalue weighted by molar-refractivity contribution is -0.217. The van der Waals surface area contributed by atoms with Crippen LogP contribution in [-0.4, -0.2) is 41.0 Å². The van der Waals surface area contributed by atoms with Crippen molar-refractivity contribution in [3.8, 4) is 0 Å². The van der Waals surface area contributed by atoms with Crippen LogP contribution in [0, 0.1) is 17.8 Å². The van der Waals surface area contributed by atoms with Gasteiger partial charge in [-0.2, -0.15) is 17.2 Å². The third kappa shape index (κ3) is 2.25. The van der Waals surface area contributed by atoms with Gasteiger partial charge in [-0.15, -0.1) is 0 Å². The van der Waals surface area contributed by atoms with Gasteiger partial charge in [0.1, 0.15) is 5.60 Å². The number of hydrogen-bond acceptors (Lipinski definition) is 5. The normalized spacial score (nSPS) is 42.1. The Hall–Kier alpha value is -0.800. The lowest BCUT2D eigenvalue weighted by atomic mass is 9.53. The van der Waals surface area contributed by atoms with Gasteiger partial charge in [-0.05, 0) is 49.9 Å². The average Bonchev–Trinajstić information content (AvgIpc) is 2.32. The third-order valence-electron chi connectivity index (χ3n) is 5.04. The van der Waals surface area contributed by atoms with Gasteiger partial charge in [0.05, 0.1) is 6.10 Å². The largest absolute Gasteiger partial charge is 0.465 e. The molecule has 0 spiro atoms. The highest BCUT2D eigenvalue weighted by molar-refractivity contribution is 7.87. The summed E-state index contributed by atoms with van der Waals surface area (Å²) in [5.41, 5.74) is -1.14. The van der Waals surface area contributed by atoms with E-state index in [1.165, 1.54) is 0 Å². The van der Waals surface area contributed by atoms with Crippen LogP contribution in [-0.2, 0) is 19.6 Å². The molecule has 0 radical (unpaired) electrons. The summed E-state index contributed by atoms with van der Waals surface area (Å²) >= 11 is 0. The second-order valence-corrected chi connectivity index (χ2v) is 7.99. The number of carbonyl (C=O) groups is 1. The molecule has 21 heavy (non-hydrogen) atoms. The lowest BCUT2D eigenvalue weighted by Crippen LogP contribution is -2.59. The number of aliphatic hydroxyl groups excluding tert-OH is 1. The van der Waals surface area contributed by atoms with E-state index in [0.717, 1.165) is 12.8 Å². The van der Waals surface area contributed by atoms with Crippen LogP contribution in [0.2, 0.25) is 0 Å². The van der Waals surface area contributed by atoms with Gasteiger partial charge in [0.2, 0.25) is 0 Å². The summed E-state index contributed by atoms with van der Waals surface area (Å²) in [6, 6.07) is 0. The van der Waals surface area contributed by atoms with Crippen LogP contribution in [0.25, 0.3) is 0 Å². The van der Waals surface area contributed by atoms with E-state index in [1.54, 1.807) is 0 Å². The Kier molecular flexibility index (Phi) is 3.14. The van der Waals surface area contributed by atoms with Gasteiger partial charge in [-0.25, -0.2) is 4.79 Å². The predicted octanol–water partition coefficient (Wildman–Crippen LogP) is 0.950. The van der Waals surface area contributed by atoms with E-state index < -0.39 is 33.0 Å². The number of rotatable bonds is 3. The molecule has 2 N–H and O–H groups in total. The van der Waals surface area contributed by atoms with Crippen molar-refractivity contribution in [2.24, 2.45) is 17.8 Å². The summed E-state index contributed by atoms with van der Waals surface area (Å²) in [4.78, 5) is 11.5. The number of ether oxygens (including phenoxy) is 1. The first-order valence-corrected chi connectivity index (χ1v) is 8.24. The zero-order valence-electron chi connectivity index (χ0n) is 11.0. The van der Waals surface area contributed by atoms with Crippen LogP contribution in [0.5, 0.6) is 0 Å². The maximum Gasteiger partial charge on any atom is 0.465 e. The molecule has 0 saturated heterocycles. The zero-order chi connectivity index (χ0) is 15.6. The van der Waals surface area contributed by atoms with Crippen molar-refractivity contribution in [2.45, 2.75) is 49.1 Å². The first-order chi connectivity index (χ1) is 9.54. The highest BCUT2D eigenvalue weighted by Gasteiger charge is 2.61. The van der Waals surface area contributed by atoms with Gasteiger partial charge >= 0.3 is 21.3 Å². The number of aliphatic hydroxyl groups is 1. The average molecular weight is 326 g/mol. The summed E-state index contributed by atoms with van der Waals surface area (Å²) in [6.07, 6.45) is 1.94. The molecule has 0 heterocycles. The van der Waals surface area contributed by atoms with E-state index in [4.69, 9.17) is 9.29 Å². The molecule has 4 fully saturated rings. The Bertz CT molecular complexity index is 558. The van der Waals surface area contributed by atoms with Crippen molar-refractivity contribution >= 4 is 16.1 Å². The molecular weight excluding hydrogens is 310 g/mol. The van der Waals surface area contributed by atoms with Crippen LogP contribution in [0.3, 0.4) is 0 Å². The van der Waals surface area contributed by atoms with E-state index in [1.807, 2.05) is 0 Å². The van der Waals surface area contributed by atoms with E-state index in [0.29, 0.717) is 6.42 Å². The maximum atomic E-state index is 13.3. The van der Waals surface area contributed by atoms with Crippen LogP contribution in [0.4, 0.5) is 8.78 Å². The number of carbonyl (C=O) groups excluding carboxylic acids is 1. The lowest BCUT2D eigenvalue weighted by Gasteiger charge is -2.57. The molecule has 120 valence electrons. The second-order valence-electron chi connectivity index (χ2n) is 6.52. The molecule has 4 aliphatic carbocycles. The topological polar surface area (TPSA) is 101 Å². The summed E-state index contributed by atoms with van der Waals surface area (Å²) < 4.78 is 61.1. The quantitative estimate of drug-likeness (QED) is 0.591. The molecule has 9 heteroatoms. The van der Waals surface area contributed by atoms with Crippen molar-refractivity contribution in [3.63, 3.8) is 0 Å². The highest BCUT2D eigenvalue weighted by atomic mass is 32.2. The molecule has 4 rings (SSSR count). The van der Waals surface area contributed by atoms with E-state index in [9.17, 15) is 27.1 Å². The van der Waals surface area contributed by atoms with Gasteiger partial charge in [0.15, 0.2) is 0 Å². The van der Waals surface area contributed by atoms with Crippen molar-refractivity contribution < 1.29 is 36.4 Å². The van der Waals surface area contributed by atoms with Crippen LogP contribution < -0.4 is 0 Å². The standard InChI is InChI=1S/C12H16F2O6S/c13-12(14,21(17,18)19)10(16)20-11-3-6-1-7(4-11)9(15)8(2-6)5-11/h6-9,15H,1-5H2,(H,17,18,19)/t6?,7-,8?,9?,11?/m0/s1. The molecule has 6 nitrogen and oxygen atoms in total. The molecule has 0 aromatic carbocycles. The highest BCUT2D eigenvalue weighted by Crippen LogP contribution is 2.57. The summed E-state index contributed by atoms with van der Waals surface area (Å²) in [5.74, 6) is -2.26. The molecule has 5 atom stereocenters. The van der Waals surface area contributed by atoms with Gasteiger partial charge in [-0.1, -0.05) is 0 Å². The summed E-state index contributed by atoms with van der Waals surface area (Å²) in [6.45, 7) is 0. The molecule has 4 bridgehead atoms. The van der Waals surface area contributed by atoms with Crippen LogP contribution in [0.15, 0.2) is 0 Å². The van der Waals surface area contributed by atoms with Gasteiger partial charge in [0.25, 0.3) is 0 Å². The third-order valence-corrected chi connectivity index (χ3v) is 5.85. The minimum atomic E-state index is -5.85. The smallest absolute Gasteiger partial charge is 0.454 e. The fourth-order valence-electron chi connectivity index (χ4n) is 4.41. The van der Waals surface area contributed by atoms with Gasteiger partial charge in [0, 0.05) is 0 Å². The monoisotopic (exact) mass is 326 g/mol. The fourth-order valence-corrected chi connectivity index (χ4v) is 4.66. The van der Waals surface area contributed by atoms with Gasteiger partial charge < -0.3 is 9.84 Å². The fraction of sp³-hybridized carbons (Fsp3) is 0.917. The molecule has 0 aromatic heterocycles. The molecule has 4 unspecified atom stereocenters. The SMILES string of the molecule is O=C(OC12CC3CC(C1)C(O)[C@@H](C3)C2)C(F)(F)S(=O)(=O)O. The van der Waals surface area contributed by atoms with Crippen molar-refractivity contribution in [1.82, 2.24) is 0 Å². The maximum absolute atomic E-state index is 13.3. The Morgan fingerprint density at radius 2 is 1.71 bits per heavy atom.